The summed E-state index contributed by atoms with van der Waals surface area (Å²) in [4.78, 5) is 0.836. The van der Waals surface area contributed by atoms with Crippen molar-refractivity contribution in [3.63, 3.8) is 0 Å². The summed E-state index contributed by atoms with van der Waals surface area (Å²) in [7, 11) is -1.05. The monoisotopic (exact) mass is 273 g/mol. The second-order valence-corrected chi connectivity index (χ2v) is 6.29. The topological polar surface area (TPSA) is 43.1 Å². The molecule has 0 aromatic heterocycles. The van der Waals surface area contributed by atoms with Crippen molar-refractivity contribution in [3.05, 3.63) is 65.2 Å². The Morgan fingerprint density at radius 2 is 1.79 bits per heavy atom. The Bertz CT molecular complexity index is 581. The third-order valence-electron chi connectivity index (χ3n) is 3.17. The Morgan fingerprint density at radius 3 is 2.47 bits per heavy atom. The second kappa shape index (κ2) is 6.13. The molecular formula is C16H19NOS. The van der Waals surface area contributed by atoms with Crippen LogP contribution in [-0.4, -0.2) is 9.96 Å². The summed E-state index contributed by atoms with van der Waals surface area (Å²) in [6.45, 7) is 4.09. The zero-order chi connectivity index (χ0) is 13.8. The molecule has 0 bridgehead atoms. The Morgan fingerprint density at radius 1 is 1.11 bits per heavy atom. The lowest BCUT2D eigenvalue weighted by Gasteiger charge is -2.15. The first-order chi connectivity index (χ1) is 9.08. The number of hydrogen-bond acceptors (Lipinski definition) is 2. The quantitative estimate of drug-likeness (QED) is 0.930. The summed E-state index contributed by atoms with van der Waals surface area (Å²) in [6, 6.07) is 15.5. The van der Waals surface area contributed by atoms with Crippen molar-refractivity contribution in [2.24, 2.45) is 5.73 Å². The highest BCUT2D eigenvalue weighted by molar-refractivity contribution is 7.85. The molecule has 0 amide bonds. The van der Waals surface area contributed by atoms with Gasteiger partial charge in [-0.25, -0.2) is 0 Å². The van der Waals surface area contributed by atoms with E-state index in [-0.39, 0.29) is 6.04 Å². The average Bonchev–Trinajstić information content (AvgIpc) is 2.42. The third kappa shape index (κ3) is 3.52. The molecule has 0 aliphatic rings. The molecular weight excluding hydrogens is 254 g/mol. The van der Waals surface area contributed by atoms with E-state index in [2.05, 4.69) is 18.2 Å². The molecule has 2 rings (SSSR count). The van der Waals surface area contributed by atoms with E-state index >= 15 is 0 Å². The number of nitrogens with two attached hydrogens (primary N) is 1. The SMILES string of the molecule is Cc1ccc(C)c(C(N)CS(=O)c2ccccc2)c1. The highest BCUT2D eigenvalue weighted by Gasteiger charge is 2.14. The molecule has 0 fully saturated rings. The van der Waals surface area contributed by atoms with Gasteiger partial charge >= 0.3 is 0 Å². The molecule has 2 atom stereocenters. The van der Waals surface area contributed by atoms with Gasteiger partial charge in [-0.3, -0.25) is 4.21 Å². The van der Waals surface area contributed by atoms with Crippen LogP contribution in [0.3, 0.4) is 0 Å². The molecule has 0 aliphatic carbocycles. The molecule has 0 radical (unpaired) electrons. The van der Waals surface area contributed by atoms with Crippen molar-refractivity contribution in [2.45, 2.75) is 24.8 Å². The minimum atomic E-state index is -1.05. The van der Waals surface area contributed by atoms with E-state index in [9.17, 15) is 4.21 Å². The fourth-order valence-corrected chi connectivity index (χ4v) is 3.24. The highest BCUT2D eigenvalue weighted by Crippen LogP contribution is 2.20. The van der Waals surface area contributed by atoms with Gasteiger partial charge in [-0.15, -0.1) is 0 Å². The minimum absolute atomic E-state index is 0.194. The van der Waals surface area contributed by atoms with Crippen LogP contribution >= 0.6 is 0 Å². The standard InChI is InChI=1S/C16H19NOS/c1-12-8-9-13(2)15(10-12)16(17)11-19(18)14-6-4-3-5-7-14/h3-10,16H,11,17H2,1-2H3. The first kappa shape index (κ1) is 14.0. The minimum Gasteiger partial charge on any atom is -0.323 e. The molecule has 2 aromatic rings. The fourth-order valence-electron chi connectivity index (χ4n) is 2.08. The van der Waals surface area contributed by atoms with Crippen LogP contribution in [0.15, 0.2) is 53.4 Å². The van der Waals surface area contributed by atoms with Gasteiger partial charge in [-0.1, -0.05) is 42.0 Å². The van der Waals surface area contributed by atoms with Crippen molar-refractivity contribution < 1.29 is 4.21 Å². The molecule has 0 heterocycles. The summed E-state index contributed by atoms with van der Waals surface area (Å²) in [5.74, 6) is 0.453. The largest absolute Gasteiger partial charge is 0.323 e. The Labute approximate surface area is 117 Å². The maximum atomic E-state index is 12.3. The van der Waals surface area contributed by atoms with E-state index in [1.165, 1.54) is 5.56 Å². The molecule has 19 heavy (non-hydrogen) atoms. The van der Waals surface area contributed by atoms with Crippen LogP contribution in [0.5, 0.6) is 0 Å². The van der Waals surface area contributed by atoms with Crippen molar-refractivity contribution in [1.29, 1.82) is 0 Å². The molecule has 0 saturated heterocycles. The van der Waals surface area contributed by atoms with Gasteiger partial charge in [0, 0.05) is 16.7 Å². The van der Waals surface area contributed by atoms with Gasteiger partial charge in [-0.2, -0.15) is 0 Å². The summed E-state index contributed by atoms with van der Waals surface area (Å²) < 4.78 is 12.3. The van der Waals surface area contributed by atoms with Gasteiger partial charge in [0.05, 0.1) is 10.8 Å². The average molecular weight is 273 g/mol. The molecule has 2 nitrogen and oxygen atoms in total. The van der Waals surface area contributed by atoms with E-state index in [0.29, 0.717) is 5.75 Å². The van der Waals surface area contributed by atoms with Gasteiger partial charge in [0.15, 0.2) is 0 Å². The summed E-state index contributed by atoms with van der Waals surface area (Å²) in [5, 5.41) is 0. The van der Waals surface area contributed by atoms with Crippen molar-refractivity contribution in [1.82, 2.24) is 0 Å². The van der Waals surface area contributed by atoms with Gasteiger partial charge in [0.2, 0.25) is 0 Å². The molecule has 2 unspecified atom stereocenters. The lowest BCUT2D eigenvalue weighted by molar-refractivity contribution is 0.675. The lowest BCUT2D eigenvalue weighted by Crippen LogP contribution is -2.19. The predicted octanol–water partition coefficient (Wildman–Crippen LogP) is 3.11. The third-order valence-corrected chi connectivity index (χ3v) is 4.63. The zero-order valence-electron chi connectivity index (χ0n) is 11.3. The van der Waals surface area contributed by atoms with Gasteiger partial charge in [0.1, 0.15) is 0 Å². The number of benzene rings is 2. The van der Waals surface area contributed by atoms with Gasteiger partial charge < -0.3 is 5.73 Å². The number of hydrogen-bond donors (Lipinski definition) is 1. The highest BCUT2D eigenvalue weighted by atomic mass is 32.2. The van der Waals surface area contributed by atoms with Crippen molar-refractivity contribution in [3.8, 4) is 0 Å². The smallest absolute Gasteiger partial charge is 0.0548 e. The predicted molar refractivity (Wildman–Crippen MR) is 80.6 cm³/mol. The molecule has 2 aromatic carbocycles. The first-order valence-electron chi connectivity index (χ1n) is 6.34. The number of aryl methyl sites for hydroxylation is 2. The molecule has 0 saturated carbocycles. The molecule has 0 aliphatic heterocycles. The van der Waals surface area contributed by atoms with Gasteiger partial charge in [0.25, 0.3) is 0 Å². The first-order valence-corrected chi connectivity index (χ1v) is 7.66. The fraction of sp³-hybridized carbons (Fsp3) is 0.250. The van der Waals surface area contributed by atoms with E-state index in [1.54, 1.807) is 0 Å². The van der Waals surface area contributed by atoms with Crippen LogP contribution in [0.1, 0.15) is 22.7 Å². The lowest BCUT2D eigenvalue weighted by atomic mass is 10.0. The van der Waals surface area contributed by atoms with Crippen LogP contribution in [0, 0.1) is 13.8 Å². The van der Waals surface area contributed by atoms with E-state index in [0.717, 1.165) is 16.0 Å². The zero-order valence-corrected chi connectivity index (χ0v) is 12.1. The van der Waals surface area contributed by atoms with E-state index in [1.807, 2.05) is 44.2 Å². The van der Waals surface area contributed by atoms with Gasteiger partial charge in [-0.05, 0) is 37.1 Å². The van der Waals surface area contributed by atoms with Crippen molar-refractivity contribution in [2.75, 3.05) is 5.75 Å². The second-order valence-electron chi connectivity index (χ2n) is 4.79. The Hall–Kier alpha value is -1.45. The molecule has 2 N–H and O–H groups in total. The summed E-state index contributed by atoms with van der Waals surface area (Å²) in [5.41, 5.74) is 9.63. The summed E-state index contributed by atoms with van der Waals surface area (Å²) >= 11 is 0. The maximum absolute atomic E-state index is 12.3. The van der Waals surface area contributed by atoms with Crippen LogP contribution in [0.4, 0.5) is 0 Å². The van der Waals surface area contributed by atoms with Crippen LogP contribution in [0.2, 0.25) is 0 Å². The van der Waals surface area contributed by atoms with Crippen molar-refractivity contribution >= 4 is 10.8 Å². The van der Waals surface area contributed by atoms with E-state index in [4.69, 9.17) is 5.73 Å². The Kier molecular flexibility index (Phi) is 4.51. The van der Waals surface area contributed by atoms with Crippen LogP contribution < -0.4 is 5.73 Å². The molecule has 100 valence electrons. The van der Waals surface area contributed by atoms with E-state index < -0.39 is 10.8 Å². The van der Waals surface area contributed by atoms with Crippen LogP contribution in [-0.2, 0) is 10.8 Å². The summed E-state index contributed by atoms with van der Waals surface area (Å²) in [6.07, 6.45) is 0. The van der Waals surface area contributed by atoms with Crippen LogP contribution in [0.25, 0.3) is 0 Å². The maximum Gasteiger partial charge on any atom is 0.0548 e. The molecule has 0 spiro atoms. The normalized spacial score (nSPS) is 14.1. The molecule has 3 heteroatoms. The Balaban J connectivity index is 2.15. The number of rotatable bonds is 4.